The average Bonchev–Trinajstić information content (AvgIpc) is 3.18. The maximum atomic E-state index is 12.8. The van der Waals surface area contributed by atoms with Crippen LogP contribution >= 0.6 is 0 Å². The molecule has 2 heterocycles. The molecule has 0 N–H and O–H groups in total. The van der Waals surface area contributed by atoms with Crippen LogP contribution in [0.3, 0.4) is 0 Å². The van der Waals surface area contributed by atoms with Gasteiger partial charge in [-0.3, -0.25) is 9.88 Å². The molecule has 10 heteroatoms. The summed E-state index contributed by atoms with van der Waals surface area (Å²) in [6, 6.07) is 16.7. The second-order valence-electron chi connectivity index (χ2n) is 8.18. The lowest BCUT2D eigenvalue weighted by Gasteiger charge is -2.21. The molecule has 1 atom stereocenters. The zero-order valence-electron chi connectivity index (χ0n) is 18.7. The zero-order chi connectivity index (χ0) is 24.5. The van der Waals surface area contributed by atoms with Crippen LogP contribution in [0, 0.1) is 0 Å². The molecule has 34 heavy (non-hydrogen) atoms. The van der Waals surface area contributed by atoms with E-state index in [2.05, 4.69) is 16.8 Å². The van der Waals surface area contributed by atoms with Gasteiger partial charge in [0.1, 0.15) is 5.75 Å². The molecule has 0 aliphatic carbocycles. The highest BCUT2D eigenvalue weighted by Gasteiger charge is 2.46. The summed E-state index contributed by atoms with van der Waals surface area (Å²) in [4.78, 5) is 7.97. The summed E-state index contributed by atoms with van der Waals surface area (Å²) in [7, 11) is -3.73. The number of anilines is 1. The molecule has 2 aromatic carbocycles. The molecule has 0 bridgehead atoms. The van der Waals surface area contributed by atoms with Crippen molar-refractivity contribution in [1.82, 2.24) is 9.88 Å². The number of aromatic nitrogens is 1. The summed E-state index contributed by atoms with van der Waals surface area (Å²) >= 11 is 0. The number of pyridine rings is 1. The molecule has 3 aromatic rings. The molecule has 1 aliphatic heterocycles. The average molecular weight is 492 g/mol. The summed E-state index contributed by atoms with van der Waals surface area (Å²) in [6.45, 7) is 3.98. The third-order valence-corrected chi connectivity index (χ3v) is 7.38. The van der Waals surface area contributed by atoms with E-state index in [1.54, 1.807) is 13.3 Å². The van der Waals surface area contributed by atoms with Gasteiger partial charge in [0.25, 0.3) is 9.84 Å². The quantitative estimate of drug-likeness (QED) is 0.497. The minimum absolute atomic E-state index is 0.191. The summed E-state index contributed by atoms with van der Waals surface area (Å²) in [5, 5.41) is 0. The van der Waals surface area contributed by atoms with Crippen molar-refractivity contribution >= 4 is 15.5 Å². The Labute approximate surface area is 196 Å². The zero-order valence-corrected chi connectivity index (χ0v) is 19.5. The van der Waals surface area contributed by atoms with Gasteiger partial charge in [0.05, 0.1) is 24.4 Å². The second-order valence-corrected chi connectivity index (χ2v) is 10.1. The number of hydrogen-bond donors (Lipinski definition) is 0. The molecule has 0 spiro atoms. The highest BCUT2D eigenvalue weighted by atomic mass is 32.2. The first kappa shape index (κ1) is 24.0. The van der Waals surface area contributed by atoms with Crippen LogP contribution < -0.4 is 9.64 Å². The van der Waals surface area contributed by atoms with Gasteiger partial charge in [0.2, 0.25) is 0 Å². The van der Waals surface area contributed by atoms with E-state index in [0.717, 1.165) is 34.7 Å². The highest BCUT2D eigenvalue weighted by Crippen LogP contribution is 2.32. The molecule has 4 rings (SSSR count). The van der Waals surface area contributed by atoms with Crippen LogP contribution in [0.5, 0.6) is 5.75 Å². The lowest BCUT2D eigenvalue weighted by Crippen LogP contribution is -2.28. The Hall–Kier alpha value is -3.11. The number of methoxy groups -OCH3 is 1. The smallest absolute Gasteiger partial charge is 0.497 e. The van der Waals surface area contributed by atoms with Crippen molar-refractivity contribution in [2.24, 2.45) is 0 Å². The van der Waals surface area contributed by atoms with Crippen LogP contribution in [-0.2, 0) is 16.4 Å². The van der Waals surface area contributed by atoms with Crippen molar-refractivity contribution in [2.75, 3.05) is 25.2 Å². The summed E-state index contributed by atoms with van der Waals surface area (Å²) in [5.41, 5.74) is -1.73. The minimum atomic E-state index is -5.35. The molecule has 1 saturated heterocycles. The number of ether oxygens (including phenoxy) is 1. The van der Waals surface area contributed by atoms with Crippen molar-refractivity contribution in [2.45, 2.75) is 29.9 Å². The summed E-state index contributed by atoms with van der Waals surface area (Å²) < 4.78 is 66.8. The van der Waals surface area contributed by atoms with Gasteiger partial charge in [0.15, 0.2) is 0 Å². The first-order valence-corrected chi connectivity index (χ1v) is 12.1. The van der Waals surface area contributed by atoms with E-state index in [9.17, 15) is 21.6 Å². The molecular weight excluding hydrogens is 467 g/mol. The number of nitrogens with zero attached hydrogens (tertiary/aromatic N) is 3. The van der Waals surface area contributed by atoms with E-state index in [-0.39, 0.29) is 6.04 Å². The topological polar surface area (TPSA) is 62.7 Å². The Bertz CT molecular complexity index is 1250. The maximum Gasteiger partial charge on any atom is 0.501 e. The van der Waals surface area contributed by atoms with E-state index in [4.69, 9.17) is 4.74 Å². The van der Waals surface area contributed by atoms with Crippen LogP contribution in [0.4, 0.5) is 18.9 Å². The van der Waals surface area contributed by atoms with Crippen LogP contribution in [0.1, 0.15) is 12.5 Å². The molecule has 1 unspecified atom stereocenters. The fourth-order valence-electron chi connectivity index (χ4n) is 3.94. The van der Waals surface area contributed by atoms with Crippen LogP contribution in [0.25, 0.3) is 11.3 Å². The molecule has 0 radical (unpaired) electrons. The van der Waals surface area contributed by atoms with Gasteiger partial charge in [-0.15, -0.1) is 0 Å². The minimum Gasteiger partial charge on any atom is -0.497 e. The highest BCUT2D eigenvalue weighted by molar-refractivity contribution is 7.92. The normalized spacial score (nSPS) is 17.2. The number of hydrogen-bond acceptors (Lipinski definition) is 6. The number of sulfone groups is 1. The van der Waals surface area contributed by atoms with Crippen molar-refractivity contribution in [3.63, 3.8) is 0 Å². The van der Waals surface area contributed by atoms with Crippen LogP contribution in [0.15, 0.2) is 71.8 Å². The molecular formula is C24H24F3N3O3S. The fourth-order valence-corrected chi connectivity index (χ4v) is 4.70. The van der Waals surface area contributed by atoms with Crippen LogP contribution in [0.2, 0.25) is 0 Å². The van der Waals surface area contributed by atoms with Gasteiger partial charge in [-0.25, -0.2) is 8.42 Å². The van der Waals surface area contributed by atoms with E-state index < -0.39 is 20.2 Å². The van der Waals surface area contributed by atoms with Gasteiger partial charge in [-0.2, -0.15) is 13.2 Å². The largest absolute Gasteiger partial charge is 0.501 e. The van der Waals surface area contributed by atoms with Crippen molar-refractivity contribution in [1.29, 1.82) is 0 Å². The van der Waals surface area contributed by atoms with Crippen molar-refractivity contribution < 1.29 is 26.3 Å². The first-order valence-electron chi connectivity index (χ1n) is 10.6. The summed E-state index contributed by atoms with van der Waals surface area (Å²) in [6.07, 6.45) is 1.77. The Balaban J connectivity index is 1.46. The van der Waals surface area contributed by atoms with Gasteiger partial charge in [0, 0.05) is 36.6 Å². The molecule has 1 fully saturated rings. The maximum absolute atomic E-state index is 12.8. The van der Waals surface area contributed by atoms with E-state index in [1.165, 1.54) is 12.1 Å². The third kappa shape index (κ3) is 4.88. The summed E-state index contributed by atoms with van der Waals surface area (Å²) in [5.74, 6) is 0.773. The SMILES string of the molecule is COc1ccc(-c2cc(CN3CN(c4ccc(S(=O)(=O)C(F)(F)F)cc4)CC3C)ccn2)cc1. The van der Waals surface area contributed by atoms with Crippen molar-refractivity contribution in [3.05, 3.63) is 72.4 Å². The second kappa shape index (κ2) is 9.27. The fraction of sp³-hybridized carbons (Fsp3) is 0.292. The molecule has 180 valence electrons. The predicted molar refractivity (Wildman–Crippen MR) is 123 cm³/mol. The van der Waals surface area contributed by atoms with E-state index in [1.807, 2.05) is 41.3 Å². The molecule has 0 saturated carbocycles. The van der Waals surface area contributed by atoms with E-state index >= 15 is 0 Å². The lowest BCUT2D eigenvalue weighted by molar-refractivity contribution is -0.0436. The lowest BCUT2D eigenvalue weighted by atomic mass is 10.1. The van der Waals surface area contributed by atoms with Gasteiger partial charge >= 0.3 is 5.51 Å². The Morgan fingerprint density at radius 2 is 1.74 bits per heavy atom. The van der Waals surface area contributed by atoms with Crippen molar-refractivity contribution in [3.8, 4) is 17.0 Å². The predicted octanol–water partition coefficient (Wildman–Crippen LogP) is 4.72. The molecule has 1 aromatic heterocycles. The number of benzene rings is 2. The first-order chi connectivity index (χ1) is 16.1. The Morgan fingerprint density at radius 1 is 1.06 bits per heavy atom. The number of halogens is 3. The molecule has 6 nitrogen and oxygen atoms in total. The van der Waals surface area contributed by atoms with E-state index in [0.29, 0.717) is 25.4 Å². The monoisotopic (exact) mass is 491 g/mol. The van der Waals surface area contributed by atoms with Gasteiger partial charge in [-0.05, 0) is 73.2 Å². The van der Waals surface area contributed by atoms with Gasteiger partial charge < -0.3 is 9.64 Å². The van der Waals surface area contributed by atoms with Crippen LogP contribution in [-0.4, -0.2) is 50.2 Å². The standard InChI is InChI=1S/C24H24F3N3O3S/c1-17-14-30(20-5-9-22(10-6-20)34(31,32)24(25,26)27)16-29(17)15-18-11-12-28-23(13-18)19-3-7-21(33-2)8-4-19/h3-13,17H,14-16H2,1-2H3. The third-order valence-electron chi connectivity index (χ3n) is 5.87. The number of alkyl halides is 3. The number of rotatable bonds is 6. The Kier molecular flexibility index (Phi) is 6.55. The Morgan fingerprint density at radius 3 is 2.35 bits per heavy atom. The van der Waals surface area contributed by atoms with Gasteiger partial charge in [-0.1, -0.05) is 0 Å². The molecule has 0 amide bonds. The molecule has 1 aliphatic rings.